The van der Waals surface area contributed by atoms with Crippen molar-refractivity contribution in [1.29, 1.82) is 0 Å². The van der Waals surface area contributed by atoms with Gasteiger partial charge in [-0.1, -0.05) is 17.2 Å². The van der Waals surface area contributed by atoms with Gasteiger partial charge < -0.3 is 20.2 Å². The number of carbonyl (C=O) groups is 2. The quantitative estimate of drug-likeness (QED) is 0.186. The first-order valence-electron chi connectivity index (χ1n) is 17.1. The van der Waals surface area contributed by atoms with Crippen molar-refractivity contribution in [3.63, 3.8) is 0 Å². The Kier molecular flexibility index (Phi) is 8.37. The third-order valence-corrected chi connectivity index (χ3v) is 12.5. The average Bonchev–Trinajstić information content (AvgIpc) is 3.80. The highest BCUT2D eigenvalue weighted by atomic mass is 32.1. The molecular weight excluding hydrogens is 611 g/mol. The maximum atomic E-state index is 14.0. The van der Waals surface area contributed by atoms with Crippen molar-refractivity contribution >= 4 is 33.2 Å². The monoisotopic (exact) mass is 655 g/mol. The van der Waals surface area contributed by atoms with Crippen molar-refractivity contribution < 1.29 is 9.59 Å². The zero-order chi connectivity index (χ0) is 33.0. The molecule has 0 atom stereocenters. The molecule has 2 bridgehead atoms. The van der Waals surface area contributed by atoms with Crippen molar-refractivity contribution in [3.05, 3.63) is 78.4 Å². The molecule has 9 nitrogen and oxygen atoms in total. The molecule has 10 heteroatoms. The largest absolute Gasteiger partial charge is 0.348 e. The molecular formula is C37H45N5O4S. The minimum absolute atomic E-state index is 0.0211. The summed E-state index contributed by atoms with van der Waals surface area (Å²) in [5, 5.41) is 4.21. The van der Waals surface area contributed by atoms with Gasteiger partial charge in [-0.15, -0.1) is 11.3 Å². The van der Waals surface area contributed by atoms with Crippen molar-refractivity contribution in [3.8, 4) is 11.3 Å². The second-order valence-corrected chi connectivity index (χ2v) is 15.8. The second kappa shape index (κ2) is 12.4. The number of piperidine rings is 1. The molecule has 3 fully saturated rings. The number of H-pyrrole nitrogens is 3. The van der Waals surface area contributed by atoms with Gasteiger partial charge in [-0.05, 0) is 114 Å². The number of likely N-dealkylation sites (tertiary alicyclic amines) is 1. The molecule has 4 heterocycles. The Bertz CT molecular complexity index is 1890. The van der Waals surface area contributed by atoms with Gasteiger partial charge >= 0.3 is 5.69 Å². The number of Topliss-reactive ketones (excluding diaryl/α,β-unsaturated/α-hetero) is 1. The van der Waals surface area contributed by atoms with Crippen LogP contribution in [0, 0.1) is 31.6 Å². The molecule has 4 N–H and O–H groups in total. The zero-order valence-corrected chi connectivity index (χ0v) is 28.6. The lowest BCUT2D eigenvalue weighted by Crippen LogP contribution is -2.45. The predicted molar refractivity (Wildman–Crippen MR) is 186 cm³/mol. The number of aryl methyl sites for hydroxylation is 2. The van der Waals surface area contributed by atoms with Crippen LogP contribution in [-0.2, 0) is 16.6 Å². The third kappa shape index (κ3) is 6.18. The van der Waals surface area contributed by atoms with Crippen molar-refractivity contribution in [2.24, 2.45) is 17.8 Å². The normalized spacial score (nSPS) is 21.9. The molecule has 1 aromatic carbocycles. The van der Waals surface area contributed by atoms with E-state index in [-0.39, 0.29) is 17.7 Å². The minimum Gasteiger partial charge on any atom is -0.348 e. The smallest absolute Gasteiger partial charge is 0.326 e. The number of aromatic amines is 3. The lowest BCUT2D eigenvalue weighted by atomic mass is 9.76. The van der Waals surface area contributed by atoms with E-state index in [4.69, 9.17) is 0 Å². The first-order chi connectivity index (χ1) is 22.5. The molecule has 47 heavy (non-hydrogen) atoms. The standard InChI is InChI=1S/C37H45N5O4S/c1-20-15-21(2)17-24(16-20)32-26(11-14-42-12-9-25(10-13-42)38-34(45)28-19-30(43)40-36(46)39-28)27-18-29(47-35(27)41-32)37(3,4)33(44)31-22-5-6-23(31)8-7-22/h15-19,22-23,25,31,41H,5-14H2,1-4H3,(H,38,45)(H2,39,40,43,46). The van der Waals surface area contributed by atoms with Crippen LogP contribution in [0.4, 0.5) is 0 Å². The van der Waals surface area contributed by atoms with Crippen molar-refractivity contribution in [1.82, 2.24) is 25.2 Å². The highest BCUT2D eigenvalue weighted by Crippen LogP contribution is 2.52. The van der Waals surface area contributed by atoms with Gasteiger partial charge in [0.1, 0.15) is 16.3 Å². The van der Waals surface area contributed by atoms with E-state index in [1.807, 2.05) is 0 Å². The van der Waals surface area contributed by atoms with E-state index >= 15 is 0 Å². The minimum atomic E-state index is -0.690. The van der Waals surface area contributed by atoms with E-state index in [9.17, 15) is 19.2 Å². The Hall–Kier alpha value is -3.76. The van der Waals surface area contributed by atoms with Crippen LogP contribution >= 0.6 is 11.3 Å². The van der Waals surface area contributed by atoms with E-state index in [1.165, 1.54) is 53.3 Å². The first kappa shape index (κ1) is 31.8. The zero-order valence-electron chi connectivity index (χ0n) is 27.8. The predicted octanol–water partition coefficient (Wildman–Crippen LogP) is 5.61. The van der Waals surface area contributed by atoms with Gasteiger partial charge in [-0.3, -0.25) is 19.4 Å². The van der Waals surface area contributed by atoms with E-state index in [0.717, 1.165) is 60.4 Å². The summed E-state index contributed by atoms with van der Waals surface area (Å²) in [5.74, 6) is 1.37. The van der Waals surface area contributed by atoms with Crippen LogP contribution in [0.1, 0.15) is 84.4 Å². The summed E-state index contributed by atoms with van der Waals surface area (Å²) in [6, 6.07) is 10.1. The summed E-state index contributed by atoms with van der Waals surface area (Å²) >= 11 is 1.75. The van der Waals surface area contributed by atoms with Gasteiger partial charge in [-0.2, -0.15) is 0 Å². The number of fused-ring (bicyclic) bond motifs is 3. The maximum absolute atomic E-state index is 14.0. The lowest BCUT2D eigenvalue weighted by Gasteiger charge is -2.32. The Morgan fingerprint density at radius 1 is 0.894 bits per heavy atom. The van der Waals surface area contributed by atoms with Gasteiger partial charge in [-0.25, -0.2) is 4.79 Å². The fraction of sp³-hybridized carbons (Fsp3) is 0.514. The molecule has 2 aliphatic carbocycles. The number of thiophene rings is 1. The van der Waals surface area contributed by atoms with Crippen LogP contribution in [0.2, 0.25) is 0 Å². The molecule has 3 aromatic heterocycles. The van der Waals surface area contributed by atoms with E-state index in [2.05, 4.69) is 77.1 Å². The van der Waals surface area contributed by atoms with Gasteiger partial charge in [0.25, 0.3) is 11.5 Å². The SMILES string of the molecule is Cc1cc(C)cc(-c2[nH]c3sc(C(C)(C)C(=O)C4C5CCC4CC5)cc3c2CCN2CCC(NC(=O)c3cc(=O)[nH]c(=O)[nH]3)CC2)c1. The molecule has 248 valence electrons. The molecule has 4 aromatic rings. The summed E-state index contributed by atoms with van der Waals surface area (Å²) in [6.45, 7) is 11.1. The Labute approximate surface area is 278 Å². The van der Waals surface area contributed by atoms with E-state index in [1.54, 1.807) is 11.3 Å². The Morgan fingerprint density at radius 3 is 2.19 bits per heavy atom. The Balaban J connectivity index is 1.09. The molecule has 0 unspecified atom stereocenters. The van der Waals surface area contributed by atoms with Crippen LogP contribution in [0.5, 0.6) is 0 Å². The number of benzene rings is 1. The number of amides is 1. The summed E-state index contributed by atoms with van der Waals surface area (Å²) in [6.07, 6.45) is 7.29. The van der Waals surface area contributed by atoms with Gasteiger partial charge in [0.05, 0.1) is 11.1 Å². The summed E-state index contributed by atoms with van der Waals surface area (Å²) in [4.78, 5) is 63.0. The molecule has 2 saturated carbocycles. The molecule has 3 aliphatic rings. The van der Waals surface area contributed by atoms with E-state index < -0.39 is 22.6 Å². The number of hydrogen-bond acceptors (Lipinski definition) is 6. The molecule has 1 saturated heterocycles. The van der Waals surface area contributed by atoms with Crippen LogP contribution in [0.25, 0.3) is 21.5 Å². The second-order valence-electron chi connectivity index (χ2n) is 14.7. The highest BCUT2D eigenvalue weighted by Gasteiger charge is 2.50. The van der Waals surface area contributed by atoms with Crippen LogP contribution in [0.15, 0.2) is 39.9 Å². The molecule has 7 rings (SSSR count). The van der Waals surface area contributed by atoms with Crippen LogP contribution < -0.4 is 16.6 Å². The number of ketones is 1. The van der Waals surface area contributed by atoms with Gasteiger partial charge in [0.15, 0.2) is 0 Å². The summed E-state index contributed by atoms with van der Waals surface area (Å²) in [5.41, 5.74) is 4.30. The van der Waals surface area contributed by atoms with E-state index in [0.29, 0.717) is 17.6 Å². The number of rotatable bonds is 9. The van der Waals surface area contributed by atoms with Crippen molar-refractivity contribution in [2.75, 3.05) is 19.6 Å². The number of nitrogens with zero attached hydrogens (tertiary/aromatic N) is 1. The summed E-state index contributed by atoms with van der Waals surface area (Å²) < 4.78 is 0. The molecule has 1 amide bonds. The molecule has 0 spiro atoms. The fourth-order valence-corrected chi connectivity index (χ4v) is 9.80. The average molecular weight is 656 g/mol. The highest BCUT2D eigenvalue weighted by molar-refractivity contribution is 7.19. The first-order valence-corrected chi connectivity index (χ1v) is 17.9. The molecule has 1 aliphatic heterocycles. The van der Waals surface area contributed by atoms with Crippen molar-refractivity contribution in [2.45, 2.75) is 84.1 Å². The topological polar surface area (TPSA) is 131 Å². The fourth-order valence-electron chi connectivity index (χ4n) is 8.60. The number of hydrogen-bond donors (Lipinski definition) is 4. The van der Waals surface area contributed by atoms with Crippen LogP contribution in [0.3, 0.4) is 0 Å². The number of aromatic nitrogens is 3. The third-order valence-electron chi connectivity index (χ3n) is 11.1. The van der Waals surface area contributed by atoms with Crippen LogP contribution in [-0.4, -0.2) is 57.2 Å². The maximum Gasteiger partial charge on any atom is 0.326 e. The van der Waals surface area contributed by atoms with Gasteiger partial charge in [0.2, 0.25) is 0 Å². The number of nitrogens with one attached hydrogen (secondary N) is 4. The lowest BCUT2D eigenvalue weighted by molar-refractivity contribution is -0.128. The molecule has 0 radical (unpaired) electrons. The summed E-state index contributed by atoms with van der Waals surface area (Å²) in [7, 11) is 0. The van der Waals surface area contributed by atoms with Gasteiger partial charge in [0, 0.05) is 47.9 Å². The number of carbonyl (C=O) groups excluding carboxylic acids is 2. The Morgan fingerprint density at radius 2 is 1.55 bits per heavy atom.